The third-order valence-corrected chi connectivity index (χ3v) is 4.66. The van der Waals surface area contributed by atoms with Gasteiger partial charge in [-0.05, 0) is 32.9 Å². The third-order valence-electron chi connectivity index (χ3n) is 4.66. The summed E-state index contributed by atoms with van der Waals surface area (Å²) in [6.07, 6.45) is 4.08. The van der Waals surface area contributed by atoms with Crippen molar-refractivity contribution in [1.29, 1.82) is 0 Å². The molecule has 1 aromatic carbocycles. The van der Waals surface area contributed by atoms with Crippen molar-refractivity contribution in [3.63, 3.8) is 0 Å². The lowest BCUT2D eigenvalue weighted by atomic mass is 10.0. The van der Waals surface area contributed by atoms with Crippen LogP contribution in [0.15, 0.2) is 42.7 Å². The molecular weight excluding hydrogens is 324 g/mol. The summed E-state index contributed by atoms with van der Waals surface area (Å²) in [5.74, 6) is 0. The maximum Gasteiger partial charge on any atom is 0.0997 e. The molecule has 0 aliphatic rings. The van der Waals surface area contributed by atoms with Crippen LogP contribution in [0.25, 0.3) is 28.2 Å². The van der Waals surface area contributed by atoms with E-state index < -0.39 is 0 Å². The smallest absolute Gasteiger partial charge is 0.0997 e. The zero-order valence-corrected chi connectivity index (χ0v) is 15.7. The van der Waals surface area contributed by atoms with E-state index in [2.05, 4.69) is 35.5 Å². The zero-order chi connectivity index (χ0) is 18.4. The number of hydrogen-bond acceptors (Lipinski definition) is 3. The standard InChI is InChI=1S/C20H22N6/c1-13-19(17-11-24(4)21-14(17)2)23-26(16-9-7-6-8-10-16)20(13)18-12-25(5)22-15(18)3/h6-12H,1-5H3. The molecule has 0 N–H and O–H groups in total. The maximum absolute atomic E-state index is 4.98. The van der Waals surface area contributed by atoms with Gasteiger partial charge in [0, 0.05) is 43.2 Å². The Morgan fingerprint density at radius 3 is 1.85 bits per heavy atom. The first-order valence-corrected chi connectivity index (χ1v) is 8.62. The van der Waals surface area contributed by atoms with Crippen molar-refractivity contribution in [1.82, 2.24) is 29.3 Å². The maximum atomic E-state index is 4.98. The van der Waals surface area contributed by atoms with Crippen molar-refractivity contribution in [3.8, 4) is 28.2 Å². The number of para-hydroxylation sites is 1. The van der Waals surface area contributed by atoms with Crippen LogP contribution >= 0.6 is 0 Å². The third kappa shape index (κ3) is 2.54. The predicted molar refractivity (Wildman–Crippen MR) is 102 cm³/mol. The second-order valence-corrected chi connectivity index (χ2v) is 6.67. The molecule has 0 bridgehead atoms. The first-order valence-electron chi connectivity index (χ1n) is 8.62. The molecule has 0 saturated carbocycles. The molecule has 6 heteroatoms. The van der Waals surface area contributed by atoms with E-state index in [1.165, 1.54) is 0 Å². The van der Waals surface area contributed by atoms with E-state index in [4.69, 9.17) is 5.10 Å². The lowest BCUT2D eigenvalue weighted by Crippen LogP contribution is -1.99. The van der Waals surface area contributed by atoms with E-state index >= 15 is 0 Å². The van der Waals surface area contributed by atoms with Gasteiger partial charge in [-0.3, -0.25) is 9.36 Å². The van der Waals surface area contributed by atoms with Crippen LogP contribution in [-0.4, -0.2) is 29.3 Å². The molecule has 0 aliphatic carbocycles. The highest BCUT2D eigenvalue weighted by atomic mass is 15.3. The molecule has 0 saturated heterocycles. The summed E-state index contributed by atoms with van der Waals surface area (Å²) >= 11 is 0. The molecular formula is C20H22N6. The Kier molecular flexibility index (Phi) is 3.76. The van der Waals surface area contributed by atoms with Gasteiger partial charge < -0.3 is 0 Å². The highest BCUT2D eigenvalue weighted by molar-refractivity contribution is 5.77. The fraction of sp³-hybridized carbons (Fsp3) is 0.250. The highest BCUT2D eigenvalue weighted by Crippen LogP contribution is 2.35. The Balaban J connectivity index is 2.03. The number of benzene rings is 1. The van der Waals surface area contributed by atoms with Crippen LogP contribution in [0, 0.1) is 20.8 Å². The summed E-state index contributed by atoms with van der Waals surface area (Å²) < 4.78 is 5.70. The highest BCUT2D eigenvalue weighted by Gasteiger charge is 2.23. The van der Waals surface area contributed by atoms with Crippen LogP contribution in [-0.2, 0) is 14.1 Å². The summed E-state index contributed by atoms with van der Waals surface area (Å²) in [6, 6.07) is 10.2. The summed E-state index contributed by atoms with van der Waals surface area (Å²) in [4.78, 5) is 0. The van der Waals surface area contributed by atoms with E-state index in [-0.39, 0.29) is 0 Å². The van der Waals surface area contributed by atoms with Crippen molar-refractivity contribution < 1.29 is 0 Å². The number of rotatable bonds is 3. The molecule has 6 nitrogen and oxygen atoms in total. The first kappa shape index (κ1) is 16.3. The van der Waals surface area contributed by atoms with E-state index in [1.54, 1.807) is 0 Å². The molecule has 0 fully saturated rings. The van der Waals surface area contributed by atoms with Crippen LogP contribution in [0.5, 0.6) is 0 Å². The van der Waals surface area contributed by atoms with E-state index in [1.807, 2.05) is 66.4 Å². The van der Waals surface area contributed by atoms with Crippen molar-refractivity contribution in [2.75, 3.05) is 0 Å². The molecule has 0 spiro atoms. The Hall–Kier alpha value is -3.15. The quantitative estimate of drug-likeness (QED) is 0.569. The number of hydrogen-bond donors (Lipinski definition) is 0. The second-order valence-electron chi connectivity index (χ2n) is 6.67. The number of nitrogens with zero attached hydrogens (tertiary/aromatic N) is 6. The summed E-state index contributed by atoms with van der Waals surface area (Å²) in [6.45, 7) is 6.17. The molecule has 0 radical (unpaired) electrons. The van der Waals surface area contributed by atoms with E-state index in [0.717, 1.165) is 45.2 Å². The monoisotopic (exact) mass is 346 g/mol. The molecule has 4 aromatic rings. The molecule has 0 amide bonds. The average Bonchev–Trinajstić information content (AvgIpc) is 3.23. The van der Waals surface area contributed by atoms with Crippen LogP contribution in [0.2, 0.25) is 0 Å². The average molecular weight is 346 g/mol. The Labute approximate surface area is 152 Å². The van der Waals surface area contributed by atoms with Gasteiger partial charge in [-0.1, -0.05) is 18.2 Å². The van der Waals surface area contributed by atoms with Crippen molar-refractivity contribution in [3.05, 3.63) is 59.7 Å². The van der Waals surface area contributed by atoms with Crippen molar-refractivity contribution >= 4 is 0 Å². The minimum absolute atomic E-state index is 0.956. The lowest BCUT2D eigenvalue weighted by Gasteiger charge is -2.07. The second kappa shape index (κ2) is 5.98. The van der Waals surface area contributed by atoms with Gasteiger partial charge in [0.15, 0.2) is 0 Å². The largest absolute Gasteiger partial charge is 0.275 e. The summed E-state index contributed by atoms with van der Waals surface area (Å²) in [7, 11) is 3.88. The van der Waals surface area contributed by atoms with Gasteiger partial charge >= 0.3 is 0 Å². The fourth-order valence-corrected chi connectivity index (χ4v) is 3.49. The van der Waals surface area contributed by atoms with Gasteiger partial charge in [0.2, 0.25) is 0 Å². The summed E-state index contributed by atoms with van der Waals surface area (Å²) in [5.41, 5.74) is 8.29. The van der Waals surface area contributed by atoms with E-state index in [0.29, 0.717) is 0 Å². The van der Waals surface area contributed by atoms with Gasteiger partial charge in [0.25, 0.3) is 0 Å². The Morgan fingerprint density at radius 1 is 0.731 bits per heavy atom. The number of aryl methyl sites for hydroxylation is 4. The van der Waals surface area contributed by atoms with Crippen LogP contribution < -0.4 is 0 Å². The molecule has 0 aliphatic heterocycles. The fourth-order valence-electron chi connectivity index (χ4n) is 3.49. The Morgan fingerprint density at radius 2 is 1.31 bits per heavy atom. The summed E-state index contributed by atoms with van der Waals surface area (Å²) in [5, 5.41) is 14.0. The molecule has 3 heterocycles. The minimum Gasteiger partial charge on any atom is -0.275 e. The molecule has 0 atom stereocenters. The normalized spacial score (nSPS) is 11.3. The number of aromatic nitrogens is 6. The van der Waals surface area contributed by atoms with Gasteiger partial charge in [-0.15, -0.1) is 0 Å². The molecule has 132 valence electrons. The Bertz CT molecular complexity index is 1080. The minimum atomic E-state index is 0.956. The van der Waals surface area contributed by atoms with Crippen LogP contribution in [0.3, 0.4) is 0 Å². The topological polar surface area (TPSA) is 53.5 Å². The zero-order valence-electron chi connectivity index (χ0n) is 15.7. The SMILES string of the molecule is Cc1nn(C)cc1-c1nn(-c2ccccc2)c(-c2cn(C)nc2C)c1C. The molecule has 0 unspecified atom stereocenters. The van der Waals surface area contributed by atoms with Crippen LogP contribution in [0.4, 0.5) is 0 Å². The predicted octanol–water partition coefficient (Wildman–Crippen LogP) is 3.60. The first-order chi connectivity index (χ1) is 12.5. The van der Waals surface area contributed by atoms with Crippen LogP contribution in [0.1, 0.15) is 17.0 Å². The molecule has 26 heavy (non-hydrogen) atoms. The molecule has 4 rings (SSSR count). The van der Waals surface area contributed by atoms with Gasteiger partial charge in [-0.25, -0.2) is 4.68 Å². The molecule has 3 aromatic heterocycles. The van der Waals surface area contributed by atoms with E-state index in [9.17, 15) is 0 Å². The van der Waals surface area contributed by atoms with Gasteiger partial charge in [0.1, 0.15) is 0 Å². The van der Waals surface area contributed by atoms with Gasteiger partial charge in [0.05, 0.1) is 28.5 Å². The van der Waals surface area contributed by atoms with Crippen molar-refractivity contribution in [2.45, 2.75) is 20.8 Å². The van der Waals surface area contributed by atoms with Gasteiger partial charge in [-0.2, -0.15) is 15.3 Å². The van der Waals surface area contributed by atoms with Crippen molar-refractivity contribution in [2.24, 2.45) is 14.1 Å². The lowest BCUT2D eigenvalue weighted by molar-refractivity contribution is 0.756.